The number of phenols is 1. The molecule has 0 bridgehead atoms. The predicted octanol–water partition coefficient (Wildman–Crippen LogP) is 3.84. The Morgan fingerprint density at radius 3 is 2.62 bits per heavy atom. The highest BCUT2D eigenvalue weighted by Gasteiger charge is 2.40. The zero-order chi connectivity index (χ0) is 20.6. The Morgan fingerprint density at radius 2 is 1.86 bits per heavy atom. The van der Waals surface area contributed by atoms with Gasteiger partial charge in [0.15, 0.2) is 0 Å². The summed E-state index contributed by atoms with van der Waals surface area (Å²) >= 11 is 0. The van der Waals surface area contributed by atoms with E-state index < -0.39 is 23.3 Å². The van der Waals surface area contributed by atoms with Gasteiger partial charge in [0.1, 0.15) is 28.8 Å². The number of carbonyl (C=O) groups excluding carboxylic acids is 1. The lowest BCUT2D eigenvalue weighted by molar-refractivity contribution is -0.158. The van der Waals surface area contributed by atoms with Crippen molar-refractivity contribution in [2.75, 3.05) is 0 Å². The molecule has 0 aliphatic carbocycles. The monoisotopic (exact) mass is 392 g/mol. The van der Waals surface area contributed by atoms with Crippen molar-refractivity contribution < 1.29 is 23.8 Å². The number of benzene rings is 2. The first-order valence-electron chi connectivity index (χ1n) is 9.24. The highest BCUT2D eigenvalue weighted by Crippen LogP contribution is 2.38. The van der Waals surface area contributed by atoms with Crippen LogP contribution in [0.15, 0.2) is 63.8 Å². The molecule has 1 atom stereocenters. The van der Waals surface area contributed by atoms with E-state index in [2.05, 4.69) is 0 Å². The number of rotatable bonds is 4. The van der Waals surface area contributed by atoms with Crippen LogP contribution in [0.5, 0.6) is 11.5 Å². The van der Waals surface area contributed by atoms with Gasteiger partial charge in [-0.05, 0) is 55.8 Å². The van der Waals surface area contributed by atoms with Crippen LogP contribution in [0.1, 0.15) is 25.0 Å². The van der Waals surface area contributed by atoms with Gasteiger partial charge in [-0.3, -0.25) is 0 Å². The van der Waals surface area contributed by atoms with Crippen molar-refractivity contribution in [2.24, 2.45) is 0 Å². The summed E-state index contributed by atoms with van der Waals surface area (Å²) in [6.45, 7) is 3.57. The molecule has 0 amide bonds. The average molecular weight is 392 g/mol. The number of phenolic OH excluding ortho intramolecular Hbond substituents is 1. The number of ether oxygens (including phenoxy) is 2. The smallest absolute Gasteiger partial charge is 0.336 e. The molecule has 1 unspecified atom stereocenters. The molecule has 4 rings (SSSR count). The van der Waals surface area contributed by atoms with E-state index in [1.54, 1.807) is 50.3 Å². The Morgan fingerprint density at radius 1 is 1.14 bits per heavy atom. The summed E-state index contributed by atoms with van der Waals surface area (Å²) in [6, 6.07) is 13.2. The Hall–Kier alpha value is -3.54. The Labute approximate surface area is 167 Å². The third-order valence-corrected chi connectivity index (χ3v) is 4.95. The van der Waals surface area contributed by atoms with Crippen molar-refractivity contribution in [1.29, 1.82) is 0 Å². The van der Waals surface area contributed by atoms with Crippen molar-refractivity contribution >= 4 is 23.0 Å². The molecule has 0 spiro atoms. The summed E-state index contributed by atoms with van der Waals surface area (Å²) in [5, 5.41) is 10.1. The molecule has 2 heterocycles. The van der Waals surface area contributed by atoms with Gasteiger partial charge in [0, 0.05) is 29.5 Å². The van der Waals surface area contributed by atoms with E-state index in [1.807, 2.05) is 12.1 Å². The topological polar surface area (TPSA) is 86.0 Å². The number of aromatic hydroxyl groups is 1. The maximum atomic E-state index is 12.3. The molecule has 0 saturated heterocycles. The molecular weight excluding hydrogens is 372 g/mol. The second-order valence-corrected chi connectivity index (χ2v) is 7.48. The van der Waals surface area contributed by atoms with Crippen LogP contribution in [0.4, 0.5) is 0 Å². The van der Waals surface area contributed by atoms with Gasteiger partial charge in [0.05, 0.1) is 0 Å². The third-order valence-electron chi connectivity index (χ3n) is 4.95. The van der Waals surface area contributed by atoms with E-state index in [0.717, 1.165) is 16.5 Å². The van der Waals surface area contributed by atoms with E-state index in [4.69, 9.17) is 13.9 Å². The van der Waals surface area contributed by atoms with Crippen LogP contribution in [-0.2, 0) is 16.0 Å². The molecule has 1 aliphatic heterocycles. The van der Waals surface area contributed by atoms with Gasteiger partial charge in [0.2, 0.25) is 0 Å². The van der Waals surface area contributed by atoms with Crippen molar-refractivity contribution in [1.82, 2.24) is 0 Å². The molecule has 1 aromatic heterocycles. The lowest BCUT2D eigenvalue weighted by Crippen LogP contribution is -2.43. The minimum Gasteiger partial charge on any atom is -0.508 e. The lowest BCUT2D eigenvalue weighted by atomic mass is 9.96. The van der Waals surface area contributed by atoms with E-state index in [-0.39, 0.29) is 5.75 Å². The molecule has 1 N–H and O–H groups in total. The van der Waals surface area contributed by atoms with E-state index in [0.29, 0.717) is 17.8 Å². The van der Waals surface area contributed by atoms with Crippen LogP contribution in [-0.4, -0.2) is 22.8 Å². The quantitative estimate of drug-likeness (QED) is 0.412. The van der Waals surface area contributed by atoms with Crippen LogP contribution in [0, 0.1) is 0 Å². The fourth-order valence-electron chi connectivity index (χ4n) is 3.35. The lowest BCUT2D eigenvalue weighted by Gasteiger charge is -2.30. The summed E-state index contributed by atoms with van der Waals surface area (Å²) in [6.07, 6.45) is 3.00. The van der Waals surface area contributed by atoms with Crippen LogP contribution in [0.2, 0.25) is 0 Å². The molecule has 3 aromatic rings. The van der Waals surface area contributed by atoms with Crippen LogP contribution >= 0.6 is 0 Å². The van der Waals surface area contributed by atoms with Crippen molar-refractivity contribution in [2.45, 2.75) is 32.0 Å². The summed E-state index contributed by atoms with van der Waals surface area (Å²) in [4.78, 5) is 23.9. The highest BCUT2D eigenvalue weighted by molar-refractivity contribution is 5.87. The SMILES string of the molecule is CC(C)(OC(=O)C=Cc1ccc(O)cc1)C1Cc2c(ccc3ccc(=O)oc23)O1. The first kappa shape index (κ1) is 18.8. The number of esters is 1. The summed E-state index contributed by atoms with van der Waals surface area (Å²) in [7, 11) is 0. The molecule has 0 saturated carbocycles. The van der Waals surface area contributed by atoms with Crippen molar-refractivity contribution in [3.63, 3.8) is 0 Å². The van der Waals surface area contributed by atoms with Gasteiger partial charge in [-0.2, -0.15) is 0 Å². The number of hydrogen-bond donors (Lipinski definition) is 1. The second-order valence-electron chi connectivity index (χ2n) is 7.48. The van der Waals surface area contributed by atoms with Gasteiger partial charge in [-0.15, -0.1) is 0 Å². The standard InChI is InChI=1S/C23H20O6/c1-23(2,29-21(26)11-5-14-3-8-16(24)9-4-14)19-13-17-18(27-19)10-6-15-7-12-20(25)28-22(15)17/h3-12,19,24H,13H2,1-2H3. The van der Waals surface area contributed by atoms with Crippen LogP contribution in [0.25, 0.3) is 17.0 Å². The van der Waals surface area contributed by atoms with Gasteiger partial charge in [-0.25, -0.2) is 9.59 Å². The molecule has 1 aliphatic rings. The zero-order valence-corrected chi connectivity index (χ0v) is 16.0. The molecule has 29 heavy (non-hydrogen) atoms. The van der Waals surface area contributed by atoms with Gasteiger partial charge in [0.25, 0.3) is 0 Å². The molecular formula is C23H20O6. The molecule has 6 heteroatoms. The number of fused-ring (bicyclic) bond motifs is 3. The Balaban J connectivity index is 1.49. The zero-order valence-electron chi connectivity index (χ0n) is 16.0. The molecule has 0 radical (unpaired) electrons. The maximum absolute atomic E-state index is 12.3. The first-order valence-corrected chi connectivity index (χ1v) is 9.24. The molecule has 148 valence electrons. The van der Waals surface area contributed by atoms with Gasteiger partial charge in [-0.1, -0.05) is 12.1 Å². The van der Waals surface area contributed by atoms with Crippen molar-refractivity contribution in [3.05, 3.63) is 76.2 Å². The van der Waals surface area contributed by atoms with E-state index in [9.17, 15) is 14.7 Å². The van der Waals surface area contributed by atoms with E-state index >= 15 is 0 Å². The molecule has 2 aromatic carbocycles. The summed E-state index contributed by atoms with van der Waals surface area (Å²) in [5.74, 6) is 0.284. The Kier molecular flexibility index (Phi) is 4.62. The molecule has 0 fully saturated rings. The number of hydrogen-bond acceptors (Lipinski definition) is 6. The predicted molar refractivity (Wildman–Crippen MR) is 108 cm³/mol. The third kappa shape index (κ3) is 3.87. The minimum absolute atomic E-state index is 0.159. The van der Waals surface area contributed by atoms with E-state index in [1.165, 1.54) is 12.1 Å². The normalized spacial score (nSPS) is 16.0. The fraction of sp³-hybridized carbons (Fsp3) is 0.217. The summed E-state index contributed by atoms with van der Waals surface area (Å²) < 4.78 is 17.0. The minimum atomic E-state index is -0.906. The van der Waals surface area contributed by atoms with Crippen molar-refractivity contribution in [3.8, 4) is 11.5 Å². The first-order chi connectivity index (χ1) is 13.8. The largest absolute Gasteiger partial charge is 0.508 e. The van der Waals surface area contributed by atoms with Crippen LogP contribution < -0.4 is 10.4 Å². The summed E-state index contributed by atoms with van der Waals surface area (Å²) in [5.41, 5.74) is 0.750. The number of carbonyl (C=O) groups is 1. The van der Waals surface area contributed by atoms with Gasteiger partial charge >= 0.3 is 11.6 Å². The molecule has 6 nitrogen and oxygen atoms in total. The highest BCUT2D eigenvalue weighted by atomic mass is 16.6. The Bertz CT molecular complexity index is 1150. The van der Waals surface area contributed by atoms with Gasteiger partial charge < -0.3 is 19.0 Å². The van der Waals surface area contributed by atoms with Crippen LogP contribution in [0.3, 0.4) is 0 Å². The second kappa shape index (κ2) is 7.13. The maximum Gasteiger partial charge on any atom is 0.336 e. The average Bonchev–Trinajstić information content (AvgIpc) is 3.13. The fourth-order valence-corrected chi connectivity index (χ4v) is 3.35.